The Kier molecular flexibility index (Phi) is 5.35. The highest BCUT2D eigenvalue weighted by molar-refractivity contribution is 9.13. The average molecular weight is 414 g/mol. The Morgan fingerprint density at radius 1 is 1.20 bits per heavy atom. The summed E-state index contributed by atoms with van der Waals surface area (Å²) in [7, 11) is 0. The number of allylic oxidation sites excluding steroid dienone is 1. The largest absolute Gasteiger partial charge is 0.289 e. The molecule has 1 heterocycles. The third kappa shape index (κ3) is 3.90. The summed E-state index contributed by atoms with van der Waals surface area (Å²) in [4.78, 5) is 13.1. The van der Waals surface area contributed by atoms with Gasteiger partial charge >= 0.3 is 0 Å². The third-order valence-electron chi connectivity index (χ3n) is 2.93. The van der Waals surface area contributed by atoms with E-state index in [2.05, 4.69) is 45.7 Å². The maximum Gasteiger partial charge on any atom is 0.185 e. The lowest BCUT2D eigenvalue weighted by atomic mass is 10.0. The number of benzene rings is 1. The number of halogens is 2. The molecule has 4 heteroatoms. The molecule has 0 spiro atoms. The van der Waals surface area contributed by atoms with Crippen molar-refractivity contribution in [2.75, 3.05) is 0 Å². The summed E-state index contributed by atoms with van der Waals surface area (Å²) in [5, 5.41) is 0. The molecule has 0 aliphatic heterocycles. The average Bonchev–Trinajstić information content (AvgIpc) is 2.75. The molecular formula is C16H14Br2OS. The molecule has 0 saturated heterocycles. The standard InChI is InChI=1S/C16H14Br2OS/c1-10(2)11-3-5-12(6-4-11)15(19)8-7-13-9-14(17)16(18)20-13/h3-10H,1-2H3/b8-7+. The van der Waals surface area contributed by atoms with E-state index in [9.17, 15) is 4.79 Å². The van der Waals surface area contributed by atoms with Gasteiger partial charge in [0.05, 0.1) is 3.79 Å². The lowest BCUT2D eigenvalue weighted by Gasteiger charge is -2.04. The molecule has 0 atom stereocenters. The quantitative estimate of drug-likeness (QED) is 0.425. The van der Waals surface area contributed by atoms with Crippen molar-refractivity contribution < 1.29 is 4.79 Å². The highest BCUT2D eigenvalue weighted by Gasteiger charge is 2.05. The fraction of sp³-hybridized carbons (Fsp3) is 0.188. The summed E-state index contributed by atoms with van der Waals surface area (Å²) in [5.41, 5.74) is 1.97. The van der Waals surface area contributed by atoms with Crippen LogP contribution in [0, 0.1) is 0 Å². The molecule has 1 nitrogen and oxygen atoms in total. The number of thiophene rings is 1. The summed E-state index contributed by atoms with van der Waals surface area (Å²) in [6.07, 6.45) is 3.47. The Morgan fingerprint density at radius 2 is 1.85 bits per heavy atom. The smallest absolute Gasteiger partial charge is 0.185 e. The Balaban J connectivity index is 2.11. The Hall–Kier alpha value is -0.710. The highest BCUT2D eigenvalue weighted by Crippen LogP contribution is 2.33. The van der Waals surface area contributed by atoms with Crippen LogP contribution in [0.5, 0.6) is 0 Å². The number of ketones is 1. The Morgan fingerprint density at radius 3 is 2.35 bits per heavy atom. The van der Waals surface area contributed by atoms with Gasteiger partial charge in [-0.25, -0.2) is 0 Å². The van der Waals surface area contributed by atoms with Crippen LogP contribution < -0.4 is 0 Å². The van der Waals surface area contributed by atoms with Crippen LogP contribution in [-0.4, -0.2) is 5.78 Å². The fourth-order valence-electron chi connectivity index (χ4n) is 1.73. The van der Waals surface area contributed by atoms with E-state index in [0.717, 1.165) is 18.7 Å². The Bertz CT molecular complexity index is 619. The minimum absolute atomic E-state index is 0.0287. The van der Waals surface area contributed by atoms with Crippen molar-refractivity contribution in [3.05, 3.63) is 60.7 Å². The molecule has 20 heavy (non-hydrogen) atoms. The van der Waals surface area contributed by atoms with Crippen LogP contribution in [0.3, 0.4) is 0 Å². The van der Waals surface area contributed by atoms with Crippen LogP contribution in [0.1, 0.15) is 40.6 Å². The first-order chi connectivity index (χ1) is 9.47. The molecule has 0 bridgehead atoms. The van der Waals surface area contributed by atoms with E-state index < -0.39 is 0 Å². The van der Waals surface area contributed by atoms with Gasteiger partial charge in [-0.1, -0.05) is 38.1 Å². The van der Waals surface area contributed by atoms with Crippen LogP contribution in [0.25, 0.3) is 6.08 Å². The van der Waals surface area contributed by atoms with Gasteiger partial charge in [-0.2, -0.15) is 0 Å². The van der Waals surface area contributed by atoms with Gasteiger partial charge < -0.3 is 0 Å². The van der Waals surface area contributed by atoms with Gasteiger partial charge in [-0.3, -0.25) is 4.79 Å². The van der Waals surface area contributed by atoms with Crippen LogP contribution in [0.2, 0.25) is 0 Å². The number of carbonyl (C=O) groups is 1. The van der Waals surface area contributed by atoms with Crippen LogP contribution in [-0.2, 0) is 0 Å². The zero-order chi connectivity index (χ0) is 14.7. The first kappa shape index (κ1) is 15.7. The predicted octanol–water partition coefficient (Wildman–Crippen LogP) is 6.29. The normalized spacial score (nSPS) is 11.4. The molecule has 0 N–H and O–H groups in total. The molecule has 0 radical (unpaired) electrons. The van der Waals surface area contributed by atoms with E-state index in [-0.39, 0.29) is 5.78 Å². The van der Waals surface area contributed by atoms with E-state index in [4.69, 9.17) is 0 Å². The summed E-state index contributed by atoms with van der Waals surface area (Å²) in [6.45, 7) is 4.28. The van der Waals surface area contributed by atoms with Crippen molar-refractivity contribution >= 4 is 55.1 Å². The van der Waals surface area contributed by atoms with Gasteiger partial charge in [0, 0.05) is 14.9 Å². The zero-order valence-corrected chi connectivity index (χ0v) is 15.2. The van der Waals surface area contributed by atoms with Crippen molar-refractivity contribution in [1.82, 2.24) is 0 Å². The van der Waals surface area contributed by atoms with E-state index in [0.29, 0.717) is 5.92 Å². The molecule has 0 amide bonds. The molecule has 1 aromatic heterocycles. The molecule has 104 valence electrons. The summed E-state index contributed by atoms with van der Waals surface area (Å²) in [5.74, 6) is 0.511. The van der Waals surface area contributed by atoms with Gasteiger partial charge in [-0.15, -0.1) is 11.3 Å². The van der Waals surface area contributed by atoms with E-state index in [1.54, 1.807) is 17.4 Å². The maximum atomic E-state index is 12.1. The molecule has 0 fully saturated rings. The molecule has 2 aromatic rings. The van der Waals surface area contributed by atoms with Crippen molar-refractivity contribution in [3.63, 3.8) is 0 Å². The molecule has 0 aliphatic carbocycles. The second kappa shape index (κ2) is 6.83. The first-order valence-electron chi connectivity index (χ1n) is 6.24. The lowest BCUT2D eigenvalue weighted by Crippen LogP contribution is -1.95. The van der Waals surface area contributed by atoms with E-state index >= 15 is 0 Å². The fourth-order valence-corrected chi connectivity index (χ4v) is 3.72. The van der Waals surface area contributed by atoms with Crippen LogP contribution in [0.4, 0.5) is 0 Å². The van der Waals surface area contributed by atoms with Gasteiger partial charge in [0.1, 0.15) is 0 Å². The zero-order valence-electron chi connectivity index (χ0n) is 11.2. The van der Waals surface area contributed by atoms with Crippen molar-refractivity contribution in [1.29, 1.82) is 0 Å². The molecule has 0 saturated carbocycles. The minimum atomic E-state index is 0.0287. The number of carbonyl (C=O) groups excluding carboxylic acids is 1. The van der Waals surface area contributed by atoms with Crippen molar-refractivity contribution in [2.45, 2.75) is 19.8 Å². The number of rotatable bonds is 4. The summed E-state index contributed by atoms with van der Waals surface area (Å²) < 4.78 is 2.04. The van der Waals surface area contributed by atoms with E-state index in [1.807, 2.05) is 36.4 Å². The van der Waals surface area contributed by atoms with Gasteiger partial charge in [0.25, 0.3) is 0 Å². The summed E-state index contributed by atoms with van der Waals surface area (Å²) in [6, 6.07) is 9.80. The van der Waals surface area contributed by atoms with Crippen LogP contribution in [0.15, 0.2) is 44.7 Å². The molecule has 2 rings (SSSR count). The third-order valence-corrected chi connectivity index (χ3v) is 6.15. The topological polar surface area (TPSA) is 17.1 Å². The van der Waals surface area contributed by atoms with E-state index in [1.165, 1.54) is 5.56 Å². The highest BCUT2D eigenvalue weighted by atomic mass is 79.9. The second-order valence-electron chi connectivity index (χ2n) is 4.74. The molecule has 1 aromatic carbocycles. The SMILES string of the molecule is CC(C)c1ccc(C(=O)/C=C/c2cc(Br)c(Br)s2)cc1. The minimum Gasteiger partial charge on any atom is -0.289 e. The first-order valence-corrected chi connectivity index (χ1v) is 8.65. The number of hydrogen-bond acceptors (Lipinski definition) is 2. The van der Waals surface area contributed by atoms with Gasteiger partial charge in [0.2, 0.25) is 0 Å². The Labute approximate surface area is 140 Å². The second-order valence-corrected chi connectivity index (χ2v) is 8.00. The van der Waals surface area contributed by atoms with Gasteiger partial charge in [-0.05, 0) is 61.6 Å². The summed E-state index contributed by atoms with van der Waals surface area (Å²) >= 11 is 8.47. The predicted molar refractivity (Wildman–Crippen MR) is 93.6 cm³/mol. The maximum absolute atomic E-state index is 12.1. The van der Waals surface area contributed by atoms with Crippen molar-refractivity contribution in [3.8, 4) is 0 Å². The van der Waals surface area contributed by atoms with Gasteiger partial charge in [0.15, 0.2) is 5.78 Å². The van der Waals surface area contributed by atoms with Crippen molar-refractivity contribution in [2.24, 2.45) is 0 Å². The lowest BCUT2D eigenvalue weighted by molar-refractivity contribution is 0.104. The molecular weight excluding hydrogens is 400 g/mol. The molecule has 0 aliphatic rings. The monoisotopic (exact) mass is 412 g/mol. The van der Waals surface area contributed by atoms with Crippen LogP contribution >= 0.6 is 43.2 Å². The molecule has 0 unspecified atom stereocenters. The number of hydrogen-bond donors (Lipinski definition) is 0.